The van der Waals surface area contributed by atoms with Gasteiger partial charge in [-0.2, -0.15) is 18.3 Å². The predicted molar refractivity (Wildman–Crippen MR) is 135 cm³/mol. The number of hydrogen-bond donors (Lipinski definition) is 0. The summed E-state index contributed by atoms with van der Waals surface area (Å²) < 4.78 is 47.3. The summed E-state index contributed by atoms with van der Waals surface area (Å²) in [6.07, 6.45) is -1.33. The van der Waals surface area contributed by atoms with Gasteiger partial charge in [-0.25, -0.2) is 0 Å². The Morgan fingerprint density at radius 1 is 1.08 bits per heavy atom. The quantitative estimate of drug-likeness (QED) is 0.397. The highest BCUT2D eigenvalue weighted by Crippen LogP contribution is 2.35. The minimum absolute atomic E-state index is 0.0107. The molecule has 0 atom stereocenters. The Kier molecular flexibility index (Phi) is 7.30. The lowest BCUT2D eigenvalue weighted by Gasteiger charge is -2.27. The maximum absolute atomic E-state index is 13.5. The highest BCUT2D eigenvalue weighted by molar-refractivity contribution is 8.18. The van der Waals surface area contributed by atoms with E-state index < -0.39 is 11.7 Å². The zero-order valence-electron chi connectivity index (χ0n) is 19.5. The number of ether oxygens (including phenoxy) is 1. The van der Waals surface area contributed by atoms with Gasteiger partial charge in [-0.1, -0.05) is 23.7 Å². The van der Waals surface area contributed by atoms with Gasteiger partial charge in [-0.15, -0.1) is 0 Å². The number of aromatic nitrogens is 2. The average molecular weight is 551 g/mol. The van der Waals surface area contributed by atoms with Crippen molar-refractivity contribution in [1.29, 1.82) is 0 Å². The van der Waals surface area contributed by atoms with Crippen molar-refractivity contribution in [2.24, 2.45) is 0 Å². The van der Waals surface area contributed by atoms with E-state index in [-0.39, 0.29) is 28.3 Å². The lowest BCUT2D eigenvalue weighted by atomic mass is 10.1. The third-order valence-electron chi connectivity index (χ3n) is 6.28. The normalized spacial score (nSPS) is 18.5. The average Bonchev–Trinajstić information content (AvgIpc) is 3.38. The fraction of sp³-hybridized carbons (Fsp3) is 0.320. The van der Waals surface area contributed by atoms with Gasteiger partial charge in [0.1, 0.15) is 0 Å². The molecule has 12 heteroatoms. The third kappa shape index (κ3) is 5.69. The number of nitrogens with zero attached hydrogens (tertiary/aromatic N) is 4. The molecule has 2 aromatic carbocycles. The fourth-order valence-electron chi connectivity index (χ4n) is 4.34. The Hall–Kier alpha value is -2.86. The lowest BCUT2D eigenvalue weighted by molar-refractivity contribution is -0.138. The van der Waals surface area contributed by atoms with Gasteiger partial charge in [-0.05, 0) is 53.2 Å². The summed E-state index contributed by atoms with van der Waals surface area (Å²) in [5.41, 5.74) is 0.577. The molecule has 2 fully saturated rings. The number of amides is 2. The van der Waals surface area contributed by atoms with Crippen molar-refractivity contribution in [3.05, 3.63) is 69.2 Å². The van der Waals surface area contributed by atoms with Crippen molar-refractivity contribution in [1.82, 2.24) is 19.6 Å². The summed E-state index contributed by atoms with van der Waals surface area (Å²) in [4.78, 5) is 29.0. The molecule has 2 saturated heterocycles. The Labute approximate surface area is 219 Å². The van der Waals surface area contributed by atoms with E-state index in [0.717, 1.165) is 30.9 Å². The molecule has 0 radical (unpaired) electrons. The van der Waals surface area contributed by atoms with Gasteiger partial charge in [0.15, 0.2) is 0 Å². The topological polar surface area (TPSA) is 67.7 Å². The predicted octanol–water partition coefficient (Wildman–Crippen LogP) is 5.13. The molecule has 0 unspecified atom stereocenters. The van der Waals surface area contributed by atoms with Gasteiger partial charge in [0.2, 0.25) is 0 Å². The van der Waals surface area contributed by atoms with E-state index in [0.29, 0.717) is 47.7 Å². The maximum atomic E-state index is 13.5. The van der Waals surface area contributed by atoms with Crippen molar-refractivity contribution < 1.29 is 27.5 Å². The number of rotatable bonds is 6. The number of benzene rings is 2. The molecule has 5 rings (SSSR count). The van der Waals surface area contributed by atoms with Crippen LogP contribution in [0.5, 0.6) is 0 Å². The van der Waals surface area contributed by atoms with E-state index in [9.17, 15) is 22.8 Å². The van der Waals surface area contributed by atoms with Crippen LogP contribution in [0.25, 0.3) is 17.0 Å². The van der Waals surface area contributed by atoms with Crippen LogP contribution in [0.15, 0.2) is 47.5 Å². The van der Waals surface area contributed by atoms with E-state index in [1.54, 1.807) is 30.5 Å². The van der Waals surface area contributed by atoms with E-state index in [1.165, 1.54) is 21.7 Å². The van der Waals surface area contributed by atoms with Crippen molar-refractivity contribution in [2.75, 3.05) is 39.4 Å². The molecule has 7 nitrogen and oxygen atoms in total. The minimum Gasteiger partial charge on any atom is -0.379 e. The van der Waals surface area contributed by atoms with Crippen molar-refractivity contribution in [3.8, 4) is 0 Å². The highest BCUT2D eigenvalue weighted by Gasteiger charge is 2.35. The smallest absolute Gasteiger partial charge is 0.379 e. The van der Waals surface area contributed by atoms with Crippen LogP contribution >= 0.6 is 23.4 Å². The Balaban J connectivity index is 1.32. The first-order valence-corrected chi connectivity index (χ1v) is 12.8. The summed E-state index contributed by atoms with van der Waals surface area (Å²) in [6.45, 7) is 3.66. The van der Waals surface area contributed by atoms with Crippen LogP contribution in [0, 0.1) is 0 Å². The van der Waals surface area contributed by atoms with Gasteiger partial charge < -0.3 is 4.74 Å². The maximum Gasteiger partial charge on any atom is 0.416 e. The number of fused-ring (bicyclic) bond motifs is 1. The van der Waals surface area contributed by atoms with Gasteiger partial charge in [-0.3, -0.25) is 24.1 Å². The first-order valence-electron chi connectivity index (χ1n) is 11.6. The Bertz CT molecular complexity index is 1390. The molecule has 0 N–H and O–H groups in total. The molecule has 1 aromatic heterocycles. The number of halogens is 4. The zero-order valence-corrected chi connectivity index (χ0v) is 21.1. The molecular weight excluding hydrogens is 529 g/mol. The van der Waals surface area contributed by atoms with Crippen LogP contribution in [-0.2, 0) is 22.3 Å². The molecule has 2 aliphatic rings. The minimum atomic E-state index is -4.54. The summed E-state index contributed by atoms with van der Waals surface area (Å²) in [7, 11) is 0. The van der Waals surface area contributed by atoms with E-state index in [2.05, 4.69) is 10.00 Å². The van der Waals surface area contributed by atoms with E-state index in [1.807, 2.05) is 0 Å². The number of morpholine rings is 1. The zero-order chi connectivity index (χ0) is 26.2. The summed E-state index contributed by atoms with van der Waals surface area (Å²) in [5, 5.41) is 4.67. The monoisotopic (exact) mass is 550 g/mol. The summed E-state index contributed by atoms with van der Waals surface area (Å²) >= 11 is 6.68. The number of hydrogen-bond acceptors (Lipinski definition) is 6. The molecule has 37 heavy (non-hydrogen) atoms. The molecular formula is C25H22ClF3N4O3S. The van der Waals surface area contributed by atoms with Crippen LogP contribution in [-0.4, -0.2) is 70.1 Å². The van der Waals surface area contributed by atoms with E-state index >= 15 is 0 Å². The summed E-state index contributed by atoms with van der Waals surface area (Å²) in [6, 6.07) is 8.95. The first kappa shape index (κ1) is 25.8. The highest BCUT2D eigenvalue weighted by atomic mass is 35.5. The van der Waals surface area contributed by atoms with Crippen LogP contribution in [0.1, 0.15) is 16.7 Å². The molecule has 0 saturated carbocycles. The summed E-state index contributed by atoms with van der Waals surface area (Å²) in [5.74, 6) is -0.332. The van der Waals surface area contributed by atoms with Gasteiger partial charge >= 0.3 is 6.18 Å². The van der Waals surface area contributed by atoms with Crippen LogP contribution in [0.2, 0.25) is 5.02 Å². The van der Waals surface area contributed by atoms with Crippen molar-refractivity contribution in [2.45, 2.75) is 12.7 Å². The van der Waals surface area contributed by atoms with Crippen molar-refractivity contribution in [3.63, 3.8) is 0 Å². The van der Waals surface area contributed by atoms with Gasteiger partial charge in [0.05, 0.1) is 41.9 Å². The van der Waals surface area contributed by atoms with Crippen molar-refractivity contribution >= 4 is 51.5 Å². The number of imide groups is 1. The Morgan fingerprint density at radius 2 is 1.86 bits per heavy atom. The standard InChI is InChI=1S/C25H22ClF3N4O3S/c26-19-3-2-17(20(13-19)25(27,28)29)15-33-21-4-1-16(11-18(21)14-30-33)12-22-23(34)32(24(35)37-22)6-5-31-7-9-36-10-8-31/h1-4,11-14H,5-10,15H2. The largest absolute Gasteiger partial charge is 0.416 e. The molecule has 0 spiro atoms. The molecule has 0 bridgehead atoms. The second kappa shape index (κ2) is 10.5. The molecule has 194 valence electrons. The van der Waals surface area contributed by atoms with E-state index in [4.69, 9.17) is 16.3 Å². The second-order valence-corrected chi connectivity index (χ2v) is 10.1. The Morgan fingerprint density at radius 3 is 2.62 bits per heavy atom. The lowest BCUT2D eigenvalue weighted by Crippen LogP contribution is -2.42. The SMILES string of the molecule is O=C1SC(=Cc2ccc3c(cnn3Cc3ccc(Cl)cc3C(F)(F)F)c2)C(=O)N1CCN1CCOCC1. The molecule has 2 aliphatic heterocycles. The number of alkyl halides is 3. The van der Waals surface area contributed by atoms with Crippen LogP contribution in [0.4, 0.5) is 18.0 Å². The number of thioether (sulfide) groups is 1. The van der Waals surface area contributed by atoms with Gasteiger partial charge in [0.25, 0.3) is 11.1 Å². The number of carbonyl (C=O) groups is 2. The molecule has 0 aliphatic carbocycles. The molecule has 3 heterocycles. The second-order valence-electron chi connectivity index (χ2n) is 8.71. The van der Waals surface area contributed by atoms with Gasteiger partial charge in [0, 0.05) is 36.6 Å². The van der Waals surface area contributed by atoms with Crippen LogP contribution < -0.4 is 0 Å². The molecule has 2 amide bonds. The first-order chi connectivity index (χ1) is 17.7. The number of carbonyl (C=O) groups excluding carboxylic acids is 2. The fourth-order valence-corrected chi connectivity index (χ4v) is 5.38. The third-order valence-corrected chi connectivity index (χ3v) is 7.42. The van der Waals surface area contributed by atoms with Crippen LogP contribution in [0.3, 0.4) is 0 Å². The molecule has 3 aromatic rings.